The Bertz CT molecular complexity index is 936. The standard InChI is InChI=1S/C23H25N3O3/c1-16-6-5-7-18(14-16)25-13-12-24(15-17(25)2)21(27)10-11-26-22(28)19-8-3-4-9-20(19)23(26)29/h3-9,14,17H,10-13,15H2,1-2H3. The first-order valence-corrected chi connectivity index (χ1v) is 10.0. The number of carbonyl (C=O) groups excluding carboxylic acids is 3. The molecule has 2 aromatic carbocycles. The Morgan fingerprint density at radius 2 is 1.69 bits per heavy atom. The fraction of sp³-hybridized carbons (Fsp3) is 0.348. The first-order valence-electron chi connectivity index (χ1n) is 10.0. The summed E-state index contributed by atoms with van der Waals surface area (Å²) in [5.74, 6) is -0.635. The molecule has 0 aromatic heterocycles. The van der Waals surface area contributed by atoms with Crippen LogP contribution < -0.4 is 4.90 Å². The molecule has 2 heterocycles. The maximum Gasteiger partial charge on any atom is 0.261 e. The number of hydrogen-bond donors (Lipinski definition) is 0. The summed E-state index contributed by atoms with van der Waals surface area (Å²) in [7, 11) is 0. The van der Waals surface area contributed by atoms with Crippen LogP contribution in [0.2, 0.25) is 0 Å². The number of piperazine rings is 1. The molecule has 0 bridgehead atoms. The number of fused-ring (bicyclic) bond motifs is 1. The lowest BCUT2D eigenvalue weighted by molar-refractivity contribution is -0.132. The quantitative estimate of drug-likeness (QED) is 0.752. The highest BCUT2D eigenvalue weighted by Crippen LogP contribution is 2.24. The van der Waals surface area contributed by atoms with Crippen LogP contribution in [0.25, 0.3) is 0 Å². The molecular weight excluding hydrogens is 366 g/mol. The average molecular weight is 391 g/mol. The second kappa shape index (κ2) is 7.70. The second-order valence-electron chi connectivity index (χ2n) is 7.78. The first-order chi connectivity index (χ1) is 14.0. The summed E-state index contributed by atoms with van der Waals surface area (Å²) < 4.78 is 0. The minimum absolute atomic E-state index is 0.0164. The van der Waals surface area contributed by atoms with Gasteiger partial charge in [-0.05, 0) is 43.7 Å². The lowest BCUT2D eigenvalue weighted by Crippen LogP contribution is -2.54. The summed E-state index contributed by atoms with van der Waals surface area (Å²) in [6, 6.07) is 15.4. The van der Waals surface area contributed by atoms with Crippen molar-refractivity contribution in [3.8, 4) is 0 Å². The van der Waals surface area contributed by atoms with Crippen LogP contribution in [0.4, 0.5) is 5.69 Å². The molecule has 150 valence electrons. The Morgan fingerprint density at radius 1 is 1.00 bits per heavy atom. The van der Waals surface area contributed by atoms with Gasteiger partial charge in [-0.1, -0.05) is 24.3 Å². The van der Waals surface area contributed by atoms with E-state index in [0.717, 1.165) is 6.54 Å². The van der Waals surface area contributed by atoms with E-state index in [-0.39, 0.29) is 36.7 Å². The fourth-order valence-electron chi connectivity index (χ4n) is 4.18. The Kier molecular flexibility index (Phi) is 5.09. The van der Waals surface area contributed by atoms with Gasteiger partial charge in [0.2, 0.25) is 5.91 Å². The van der Waals surface area contributed by atoms with Crippen LogP contribution in [0.15, 0.2) is 48.5 Å². The smallest absolute Gasteiger partial charge is 0.261 e. The molecule has 1 fully saturated rings. The molecule has 3 amide bonds. The summed E-state index contributed by atoms with van der Waals surface area (Å²) in [6.45, 7) is 6.36. The number of hydrogen-bond acceptors (Lipinski definition) is 4. The number of anilines is 1. The number of aryl methyl sites for hydroxylation is 1. The average Bonchev–Trinajstić information content (AvgIpc) is 2.96. The van der Waals surface area contributed by atoms with Crippen molar-refractivity contribution in [2.24, 2.45) is 0 Å². The van der Waals surface area contributed by atoms with Gasteiger partial charge in [-0.25, -0.2) is 0 Å². The van der Waals surface area contributed by atoms with Crippen LogP contribution in [-0.4, -0.2) is 59.7 Å². The molecule has 29 heavy (non-hydrogen) atoms. The van der Waals surface area contributed by atoms with Gasteiger partial charge in [0, 0.05) is 44.3 Å². The van der Waals surface area contributed by atoms with E-state index in [9.17, 15) is 14.4 Å². The summed E-state index contributed by atoms with van der Waals surface area (Å²) in [4.78, 5) is 43.0. The normalized spacial score (nSPS) is 19.0. The van der Waals surface area contributed by atoms with Crippen LogP contribution in [-0.2, 0) is 4.79 Å². The summed E-state index contributed by atoms with van der Waals surface area (Å²) in [6.07, 6.45) is 0.155. The van der Waals surface area contributed by atoms with Gasteiger partial charge in [0.25, 0.3) is 11.8 Å². The van der Waals surface area contributed by atoms with E-state index < -0.39 is 0 Å². The predicted molar refractivity (Wildman–Crippen MR) is 111 cm³/mol. The van der Waals surface area contributed by atoms with Crippen molar-refractivity contribution < 1.29 is 14.4 Å². The van der Waals surface area contributed by atoms with Crippen molar-refractivity contribution in [2.45, 2.75) is 26.3 Å². The number of amides is 3. The molecule has 4 rings (SSSR count). The van der Waals surface area contributed by atoms with E-state index in [1.54, 1.807) is 24.3 Å². The largest absolute Gasteiger partial charge is 0.365 e. The van der Waals surface area contributed by atoms with E-state index in [2.05, 4.69) is 43.0 Å². The third-order valence-corrected chi connectivity index (χ3v) is 5.74. The van der Waals surface area contributed by atoms with E-state index in [1.807, 2.05) is 4.90 Å². The van der Waals surface area contributed by atoms with Crippen molar-refractivity contribution in [2.75, 3.05) is 31.1 Å². The van der Waals surface area contributed by atoms with Crippen LogP contribution in [0.5, 0.6) is 0 Å². The highest BCUT2D eigenvalue weighted by Gasteiger charge is 2.35. The van der Waals surface area contributed by atoms with Gasteiger partial charge in [-0.15, -0.1) is 0 Å². The Morgan fingerprint density at radius 3 is 2.31 bits per heavy atom. The molecule has 2 aromatic rings. The zero-order chi connectivity index (χ0) is 20.5. The molecule has 0 aliphatic carbocycles. The number of rotatable bonds is 4. The van der Waals surface area contributed by atoms with Crippen molar-refractivity contribution >= 4 is 23.4 Å². The lowest BCUT2D eigenvalue weighted by Gasteiger charge is -2.41. The topological polar surface area (TPSA) is 60.9 Å². The number of benzene rings is 2. The zero-order valence-electron chi connectivity index (χ0n) is 16.8. The maximum absolute atomic E-state index is 12.7. The molecule has 2 aliphatic heterocycles. The molecule has 0 saturated carbocycles. The van der Waals surface area contributed by atoms with Gasteiger partial charge in [-0.3, -0.25) is 19.3 Å². The van der Waals surface area contributed by atoms with Gasteiger partial charge in [-0.2, -0.15) is 0 Å². The molecular formula is C23H25N3O3. The molecule has 6 heteroatoms. The molecule has 0 N–H and O–H groups in total. The van der Waals surface area contributed by atoms with Crippen LogP contribution >= 0.6 is 0 Å². The number of nitrogens with zero attached hydrogens (tertiary/aromatic N) is 3. The van der Waals surface area contributed by atoms with E-state index >= 15 is 0 Å². The SMILES string of the molecule is Cc1cccc(N2CCN(C(=O)CCN3C(=O)c4ccccc4C3=O)CC2C)c1. The van der Waals surface area contributed by atoms with Gasteiger partial charge in [0.05, 0.1) is 11.1 Å². The lowest BCUT2D eigenvalue weighted by atomic mass is 10.1. The van der Waals surface area contributed by atoms with E-state index in [4.69, 9.17) is 0 Å². The molecule has 2 aliphatic rings. The van der Waals surface area contributed by atoms with Crippen molar-refractivity contribution in [3.63, 3.8) is 0 Å². The highest BCUT2D eigenvalue weighted by atomic mass is 16.2. The Balaban J connectivity index is 1.35. The molecule has 6 nitrogen and oxygen atoms in total. The summed E-state index contributed by atoms with van der Waals surface area (Å²) >= 11 is 0. The molecule has 1 atom stereocenters. The third kappa shape index (κ3) is 3.62. The van der Waals surface area contributed by atoms with Crippen molar-refractivity contribution in [1.29, 1.82) is 0 Å². The molecule has 0 spiro atoms. The highest BCUT2D eigenvalue weighted by molar-refractivity contribution is 6.21. The van der Waals surface area contributed by atoms with Crippen LogP contribution in [0.1, 0.15) is 39.6 Å². The minimum atomic E-state index is -0.309. The van der Waals surface area contributed by atoms with Crippen LogP contribution in [0.3, 0.4) is 0 Å². The summed E-state index contributed by atoms with van der Waals surface area (Å²) in [5.41, 5.74) is 3.24. The second-order valence-corrected chi connectivity index (χ2v) is 7.78. The minimum Gasteiger partial charge on any atom is -0.365 e. The molecule has 0 radical (unpaired) electrons. The van der Waals surface area contributed by atoms with Gasteiger partial charge in [0.1, 0.15) is 0 Å². The number of carbonyl (C=O) groups is 3. The van der Waals surface area contributed by atoms with Gasteiger partial charge >= 0.3 is 0 Å². The first kappa shape index (κ1) is 19.2. The summed E-state index contributed by atoms with van der Waals surface area (Å²) in [5, 5.41) is 0. The van der Waals surface area contributed by atoms with Gasteiger partial charge < -0.3 is 9.80 Å². The monoisotopic (exact) mass is 391 g/mol. The van der Waals surface area contributed by atoms with Crippen molar-refractivity contribution in [1.82, 2.24) is 9.80 Å². The fourth-order valence-corrected chi connectivity index (χ4v) is 4.18. The number of imide groups is 1. The van der Waals surface area contributed by atoms with Crippen LogP contribution in [0, 0.1) is 6.92 Å². The predicted octanol–water partition coefficient (Wildman–Crippen LogP) is 2.72. The Labute approximate surface area is 170 Å². The van der Waals surface area contributed by atoms with Crippen molar-refractivity contribution in [3.05, 3.63) is 65.2 Å². The van der Waals surface area contributed by atoms with Gasteiger partial charge in [0.15, 0.2) is 0 Å². The zero-order valence-corrected chi connectivity index (χ0v) is 16.8. The third-order valence-electron chi connectivity index (χ3n) is 5.74. The maximum atomic E-state index is 12.7. The molecule has 1 saturated heterocycles. The van der Waals surface area contributed by atoms with E-state index in [1.165, 1.54) is 16.2 Å². The Hall–Kier alpha value is -3.15. The van der Waals surface area contributed by atoms with E-state index in [0.29, 0.717) is 24.2 Å². The molecule has 1 unspecified atom stereocenters.